The largest absolute Gasteiger partial charge is 0.495 e. The highest BCUT2D eigenvalue weighted by atomic mass is 32.1. The number of hydrogen-bond acceptors (Lipinski definition) is 5. The van der Waals surface area contributed by atoms with Gasteiger partial charge in [-0.15, -0.1) is 11.3 Å². The first kappa shape index (κ1) is 19.1. The van der Waals surface area contributed by atoms with Crippen molar-refractivity contribution in [3.8, 4) is 5.75 Å². The molecule has 0 radical (unpaired) electrons. The van der Waals surface area contributed by atoms with Gasteiger partial charge in [0, 0.05) is 24.0 Å². The molecule has 0 spiro atoms. The normalized spacial score (nSPS) is 17.3. The molecule has 0 bridgehead atoms. The van der Waals surface area contributed by atoms with E-state index in [1.807, 2.05) is 24.3 Å². The molecule has 1 fully saturated rings. The molecule has 0 aliphatic carbocycles. The third kappa shape index (κ3) is 4.73. The number of nitrogens with zero attached hydrogens (tertiary/aromatic N) is 1. The Bertz CT molecular complexity index is 703. The summed E-state index contributed by atoms with van der Waals surface area (Å²) in [6, 6.07) is 12.5. The second kappa shape index (κ2) is 9.32. The minimum absolute atomic E-state index is 0.154. The highest BCUT2D eigenvalue weighted by molar-refractivity contribution is 7.80. The molecule has 5 nitrogen and oxygen atoms in total. The van der Waals surface area contributed by atoms with E-state index >= 15 is 0 Å². The molecular weight excluding hydrogens is 366 g/mol. The summed E-state index contributed by atoms with van der Waals surface area (Å²) in [5.41, 5.74) is 0.860. The average Bonchev–Trinajstić information content (AvgIpc) is 3.17. The van der Waals surface area contributed by atoms with Crippen LogP contribution in [0.15, 0.2) is 41.8 Å². The summed E-state index contributed by atoms with van der Waals surface area (Å²) in [6.45, 7) is 5.59. The first-order chi connectivity index (χ1) is 12.7. The molecule has 0 saturated carbocycles. The van der Waals surface area contributed by atoms with Crippen molar-refractivity contribution in [2.45, 2.75) is 19.0 Å². The van der Waals surface area contributed by atoms with Crippen LogP contribution >= 0.6 is 23.6 Å². The summed E-state index contributed by atoms with van der Waals surface area (Å²) in [6.07, 6.45) is 0. The van der Waals surface area contributed by atoms with Crippen LogP contribution in [0.3, 0.4) is 0 Å². The van der Waals surface area contributed by atoms with E-state index in [0.717, 1.165) is 37.7 Å². The molecule has 0 amide bonds. The minimum atomic E-state index is 0.154. The number of nitrogens with one attached hydrogen (secondary N) is 2. The molecule has 1 aliphatic rings. The quantitative estimate of drug-likeness (QED) is 0.735. The molecule has 1 aliphatic heterocycles. The van der Waals surface area contributed by atoms with Crippen molar-refractivity contribution in [3.05, 3.63) is 46.7 Å². The number of methoxy groups -OCH3 is 1. The van der Waals surface area contributed by atoms with Crippen LogP contribution in [0.25, 0.3) is 0 Å². The standard InChI is InChI=1S/C19H25N3O2S2/c1-14(20-19(25)21-15-6-3-4-7-16(15)23-2)18(17-8-5-13-26-17)22-9-11-24-12-10-22/h3-8,13-14,18H,9-12H2,1-2H3,(H2,20,21,25)/t14-,18-/m1/s1. The van der Waals surface area contributed by atoms with Crippen LogP contribution in [-0.4, -0.2) is 49.5 Å². The Morgan fingerprint density at radius 3 is 2.69 bits per heavy atom. The Kier molecular flexibility index (Phi) is 6.85. The zero-order chi connectivity index (χ0) is 18.4. The van der Waals surface area contributed by atoms with Crippen molar-refractivity contribution < 1.29 is 9.47 Å². The number of anilines is 1. The molecule has 7 heteroatoms. The predicted molar refractivity (Wildman–Crippen MR) is 111 cm³/mol. The van der Waals surface area contributed by atoms with Crippen molar-refractivity contribution >= 4 is 34.4 Å². The topological polar surface area (TPSA) is 45.8 Å². The zero-order valence-corrected chi connectivity index (χ0v) is 16.7. The van der Waals surface area contributed by atoms with Gasteiger partial charge in [-0.1, -0.05) is 18.2 Å². The van der Waals surface area contributed by atoms with Gasteiger partial charge >= 0.3 is 0 Å². The second-order valence-electron chi connectivity index (χ2n) is 6.20. The van der Waals surface area contributed by atoms with Gasteiger partial charge in [0.25, 0.3) is 0 Å². The molecule has 2 N–H and O–H groups in total. The number of thiophene rings is 1. The minimum Gasteiger partial charge on any atom is -0.495 e. The highest BCUT2D eigenvalue weighted by Crippen LogP contribution is 2.29. The van der Waals surface area contributed by atoms with Crippen LogP contribution in [0.4, 0.5) is 5.69 Å². The molecule has 26 heavy (non-hydrogen) atoms. The molecule has 1 aromatic heterocycles. The molecule has 0 unspecified atom stereocenters. The Morgan fingerprint density at radius 2 is 2.00 bits per heavy atom. The SMILES string of the molecule is COc1ccccc1NC(=S)N[C@H](C)[C@H](c1cccs1)N1CCOCC1. The van der Waals surface area contributed by atoms with Gasteiger partial charge in [-0.25, -0.2) is 0 Å². The summed E-state index contributed by atoms with van der Waals surface area (Å²) in [4.78, 5) is 3.81. The van der Waals surface area contributed by atoms with E-state index in [1.54, 1.807) is 18.4 Å². The fraction of sp³-hybridized carbons (Fsp3) is 0.421. The average molecular weight is 392 g/mol. The fourth-order valence-electron chi connectivity index (χ4n) is 3.25. The van der Waals surface area contributed by atoms with Crippen LogP contribution in [-0.2, 0) is 4.74 Å². The van der Waals surface area contributed by atoms with Gasteiger partial charge in [0.15, 0.2) is 5.11 Å². The Balaban J connectivity index is 1.68. The van der Waals surface area contributed by atoms with E-state index in [9.17, 15) is 0 Å². The molecule has 2 atom stereocenters. The summed E-state index contributed by atoms with van der Waals surface area (Å²) < 4.78 is 10.9. The second-order valence-corrected chi connectivity index (χ2v) is 7.58. The third-order valence-corrected chi connectivity index (χ3v) is 5.62. The molecule has 1 saturated heterocycles. The van der Waals surface area contributed by atoms with Gasteiger partial charge in [-0.3, -0.25) is 4.90 Å². The number of para-hydroxylation sites is 2. The van der Waals surface area contributed by atoms with Crippen molar-refractivity contribution in [3.63, 3.8) is 0 Å². The Labute approximate surface area is 164 Å². The zero-order valence-electron chi connectivity index (χ0n) is 15.1. The maximum Gasteiger partial charge on any atom is 0.171 e. The molecule has 2 aromatic rings. The van der Waals surface area contributed by atoms with Crippen LogP contribution < -0.4 is 15.4 Å². The summed E-state index contributed by atoms with van der Waals surface area (Å²) in [5, 5.41) is 9.43. The van der Waals surface area contributed by atoms with Crippen molar-refractivity contribution in [2.24, 2.45) is 0 Å². The lowest BCUT2D eigenvalue weighted by atomic mass is 10.1. The van der Waals surface area contributed by atoms with Gasteiger partial charge in [0.2, 0.25) is 0 Å². The van der Waals surface area contributed by atoms with Crippen LogP contribution in [0, 0.1) is 0 Å². The molecule has 3 rings (SSSR count). The van der Waals surface area contributed by atoms with Crippen LogP contribution in [0.2, 0.25) is 0 Å². The fourth-order valence-corrected chi connectivity index (χ4v) is 4.51. The van der Waals surface area contributed by atoms with E-state index in [2.05, 4.69) is 40.0 Å². The summed E-state index contributed by atoms with van der Waals surface area (Å²) >= 11 is 7.34. The molecule has 1 aromatic carbocycles. The van der Waals surface area contributed by atoms with Crippen molar-refractivity contribution in [1.82, 2.24) is 10.2 Å². The van der Waals surface area contributed by atoms with Gasteiger partial charge in [0.1, 0.15) is 5.75 Å². The maximum atomic E-state index is 5.55. The van der Waals surface area contributed by atoms with E-state index < -0.39 is 0 Å². The van der Waals surface area contributed by atoms with Crippen LogP contribution in [0.5, 0.6) is 5.75 Å². The first-order valence-corrected chi connectivity index (χ1v) is 10.0. The van der Waals surface area contributed by atoms with Gasteiger partial charge in [0.05, 0.1) is 32.1 Å². The first-order valence-electron chi connectivity index (χ1n) is 8.75. The lowest BCUT2D eigenvalue weighted by Crippen LogP contribution is -2.49. The monoisotopic (exact) mass is 391 g/mol. The molecule has 2 heterocycles. The molecular formula is C19H25N3O2S2. The van der Waals surface area contributed by atoms with E-state index in [1.165, 1.54) is 4.88 Å². The lowest BCUT2D eigenvalue weighted by Gasteiger charge is -2.38. The van der Waals surface area contributed by atoms with E-state index in [4.69, 9.17) is 21.7 Å². The van der Waals surface area contributed by atoms with Gasteiger partial charge in [-0.05, 0) is 42.7 Å². The molecule has 140 valence electrons. The van der Waals surface area contributed by atoms with E-state index in [-0.39, 0.29) is 12.1 Å². The smallest absolute Gasteiger partial charge is 0.171 e. The number of rotatable bonds is 6. The maximum absolute atomic E-state index is 5.55. The number of morpholine rings is 1. The summed E-state index contributed by atoms with van der Waals surface area (Å²) in [5.74, 6) is 0.771. The van der Waals surface area contributed by atoms with Crippen molar-refractivity contribution in [2.75, 3.05) is 38.7 Å². The van der Waals surface area contributed by atoms with E-state index in [0.29, 0.717) is 5.11 Å². The van der Waals surface area contributed by atoms with Gasteiger partial charge in [-0.2, -0.15) is 0 Å². The summed E-state index contributed by atoms with van der Waals surface area (Å²) in [7, 11) is 1.66. The number of benzene rings is 1. The number of hydrogen-bond donors (Lipinski definition) is 2. The van der Waals surface area contributed by atoms with Gasteiger partial charge < -0.3 is 20.1 Å². The Morgan fingerprint density at radius 1 is 1.23 bits per heavy atom. The Hall–Kier alpha value is -1.67. The highest BCUT2D eigenvalue weighted by Gasteiger charge is 2.29. The number of ether oxygens (including phenoxy) is 2. The third-order valence-electron chi connectivity index (χ3n) is 4.46. The predicted octanol–water partition coefficient (Wildman–Crippen LogP) is 3.51. The van der Waals surface area contributed by atoms with Crippen molar-refractivity contribution in [1.29, 1.82) is 0 Å². The van der Waals surface area contributed by atoms with Crippen LogP contribution in [0.1, 0.15) is 17.8 Å². The number of thiocarbonyl (C=S) groups is 1. The lowest BCUT2D eigenvalue weighted by molar-refractivity contribution is 0.0110.